The molecule has 0 aliphatic carbocycles. The van der Waals surface area contributed by atoms with Gasteiger partial charge in [-0.2, -0.15) is 0 Å². The summed E-state index contributed by atoms with van der Waals surface area (Å²) in [5, 5.41) is 1.47. The summed E-state index contributed by atoms with van der Waals surface area (Å²) in [5.74, 6) is 0.895. The Bertz CT molecular complexity index is 687. The van der Waals surface area contributed by atoms with Crippen molar-refractivity contribution in [1.29, 1.82) is 0 Å². The number of morpholine rings is 1. The Morgan fingerprint density at radius 1 is 1.00 bits per heavy atom. The molecular formula is C20H23Cl2NO2. The van der Waals surface area contributed by atoms with E-state index < -0.39 is 0 Å². The predicted molar refractivity (Wildman–Crippen MR) is 103 cm³/mol. The van der Waals surface area contributed by atoms with Crippen LogP contribution in [0.5, 0.6) is 5.75 Å². The highest BCUT2D eigenvalue weighted by molar-refractivity contribution is 6.30. The molecule has 0 N–H and O–H groups in total. The van der Waals surface area contributed by atoms with E-state index in [-0.39, 0.29) is 0 Å². The van der Waals surface area contributed by atoms with Crippen LogP contribution in [0.3, 0.4) is 0 Å². The lowest BCUT2D eigenvalue weighted by molar-refractivity contribution is 0.0374. The standard InChI is InChI=1S/C20H23Cl2NO2/c21-18-5-1-3-16(13-18)15-25-20-7-6-19(22)14-17(20)4-2-8-23-9-11-24-12-10-23/h1,3,5-7,13-14H,2,4,8-12,15H2. The zero-order valence-electron chi connectivity index (χ0n) is 14.2. The molecule has 1 aliphatic rings. The van der Waals surface area contributed by atoms with Gasteiger partial charge < -0.3 is 9.47 Å². The smallest absolute Gasteiger partial charge is 0.123 e. The van der Waals surface area contributed by atoms with Crippen molar-refractivity contribution >= 4 is 23.2 Å². The quantitative estimate of drug-likeness (QED) is 0.686. The van der Waals surface area contributed by atoms with E-state index >= 15 is 0 Å². The summed E-state index contributed by atoms with van der Waals surface area (Å²) in [7, 11) is 0. The van der Waals surface area contributed by atoms with E-state index in [0.29, 0.717) is 6.61 Å². The van der Waals surface area contributed by atoms with Gasteiger partial charge in [0.1, 0.15) is 12.4 Å². The number of aryl methyl sites for hydroxylation is 1. The first-order valence-corrected chi connectivity index (χ1v) is 9.42. The molecule has 1 heterocycles. The first-order valence-electron chi connectivity index (χ1n) is 8.66. The van der Waals surface area contributed by atoms with Gasteiger partial charge >= 0.3 is 0 Å². The molecule has 2 aromatic rings. The molecule has 0 aromatic heterocycles. The average Bonchev–Trinajstić information content (AvgIpc) is 2.62. The maximum atomic E-state index is 6.18. The molecule has 0 bridgehead atoms. The molecule has 5 heteroatoms. The minimum absolute atomic E-state index is 0.499. The summed E-state index contributed by atoms with van der Waals surface area (Å²) in [6, 6.07) is 13.6. The van der Waals surface area contributed by atoms with Crippen LogP contribution in [-0.4, -0.2) is 37.7 Å². The van der Waals surface area contributed by atoms with Crippen molar-refractivity contribution in [2.75, 3.05) is 32.8 Å². The zero-order valence-corrected chi connectivity index (χ0v) is 15.7. The van der Waals surface area contributed by atoms with Crippen molar-refractivity contribution in [1.82, 2.24) is 4.90 Å². The summed E-state index contributed by atoms with van der Waals surface area (Å²) in [6.07, 6.45) is 2.02. The number of benzene rings is 2. The van der Waals surface area contributed by atoms with E-state index in [0.717, 1.165) is 72.6 Å². The lowest BCUT2D eigenvalue weighted by Crippen LogP contribution is -2.36. The third kappa shape index (κ3) is 5.89. The molecule has 1 aliphatic heterocycles. The van der Waals surface area contributed by atoms with E-state index in [2.05, 4.69) is 4.90 Å². The second kappa shape index (κ2) is 9.44. The maximum absolute atomic E-state index is 6.18. The highest BCUT2D eigenvalue weighted by Gasteiger charge is 2.11. The fourth-order valence-corrected chi connectivity index (χ4v) is 3.40. The highest BCUT2D eigenvalue weighted by Crippen LogP contribution is 2.25. The maximum Gasteiger partial charge on any atom is 0.123 e. The summed E-state index contributed by atoms with van der Waals surface area (Å²) >= 11 is 12.2. The second-order valence-electron chi connectivity index (χ2n) is 6.23. The number of rotatable bonds is 7. The Hall–Kier alpha value is -1.26. The van der Waals surface area contributed by atoms with Gasteiger partial charge in [-0.05, 0) is 60.8 Å². The topological polar surface area (TPSA) is 21.7 Å². The van der Waals surface area contributed by atoms with Crippen molar-refractivity contribution in [2.45, 2.75) is 19.4 Å². The highest BCUT2D eigenvalue weighted by atomic mass is 35.5. The minimum Gasteiger partial charge on any atom is -0.489 e. The third-order valence-electron chi connectivity index (χ3n) is 4.33. The van der Waals surface area contributed by atoms with Crippen LogP contribution in [0.1, 0.15) is 17.5 Å². The van der Waals surface area contributed by atoms with Gasteiger partial charge in [-0.1, -0.05) is 35.3 Å². The van der Waals surface area contributed by atoms with Crippen LogP contribution >= 0.6 is 23.2 Å². The molecule has 25 heavy (non-hydrogen) atoms. The van der Waals surface area contributed by atoms with Gasteiger partial charge in [-0.15, -0.1) is 0 Å². The number of hydrogen-bond donors (Lipinski definition) is 0. The van der Waals surface area contributed by atoms with Gasteiger partial charge in [0.15, 0.2) is 0 Å². The first-order chi connectivity index (χ1) is 12.2. The molecule has 0 unspecified atom stereocenters. The van der Waals surface area contributed by atoms with Gasteiger partial charge in [0.25, 0.3) is 0 Å². The van der Waals surface area contributed by atoms with Crippen LogP contribution in [0.15, 0.2) is 42.5 Å². The molecule has 1 fully saturated rings. The summed E-state index contributed by atoms with van der Waals surface area (Å²) in [5.41, 5.74) is 2.21. The normalized spacial score (nSPS) is 15.3. The van der Waals surface area contributed by atoms with E-state index in [1.54, 1.807) is 0 Å². The minimum atomic E-state index is 0.499. The summed E-state index contributed by atoms with van der Waals surface area (Å²) < 4.78 is 11.4. The van der Waals surface area contributed by atoms with Gasteiger partial charge in [-0.25, -0.2) is 0 Å². The Balaban J connectivity index is 1.57. The molecule has 2 aromatic carbocycles. The Kier molecular flexibility index (Phi) is 7.00. The second-order valence-corrected chi connectivity index (χ2v) is 7.10. The van der Waals surface area contributed by atoms with Crippen molar-refractivity contribution in [3.05, 3.63) is 63.6 Å². The van der Waals surface area contributed by atoms with Crippen LogP contribution in [0.2, 0.25) is 10.0 Å². The number of nitrogens with zero attached hydrogens (tertiary/aromatic N) is 1. The molecule has 0 radical (unpaired) electrons. The SMILES string of the molecule is Clc1cccc(COc2ccc(Cl)cc2CCCN2CCOCC2)c1. The van der Waals surface area contributed by atoms with Crippen molar-refractivity contribution in [3.63, 3.8) is 0 Å². The van der Waals surface area contributed by atoms with E-state index in [1.807, 2.05) is 42.5 Å². The van der Waals surface area contributed by atoms with Crippen LogP contribution in [0, 0.1) is 0 Å². The number of halogens is 2. The molecule has 0 atom stereocenters. The van der Waals surface area contributed by atoms with E-state index in [1.165, 1.54) is 0 Å². The zero-order chi connectivity index (χ0) is 17.5. The molecule has 3 rings (SSSR count). The Labute approximate surface area is 159 Å². The van der Waals surface area contributed by atoms with Gasteiger partial charge in [0.2, 0.25) is 0 Å². The van der Waals surface area contributed by atoms with Crippen LogP contribution in [0.4, 0.5) is 0 Å². The number of ether oxygens (including phenoxy) is 2. The predicted octanol–water partition coefficient (Wildman–Crippen LogP) is 4.84. The van der Waals surface area contributed by atoms with Crippen molar-refractivity contribution < 1.29 is 9.47 Å². The molecular weight excluding hydrogens is 357 g/mol. The van der Waals surface area contributed by atoms with Crippen LogP contribution < -0.4 is 4.74 Å². The van der Waals surface area contributed by atoms with Crippen LogP contribution in [-0.2, 0) is 17.8 Å². The Morgan fingerprint density at radius 3 is 2.60 bits per heavy atom. The fourth-order valence-electron chi connectivity index (χ4n) is 2.99. The monoisotopic (exact) mass is 379 g/mol. The molecule has 0 spiro atoms. The fraction of sp³-hybridized carbons (Fsp3) is 0.400. The molecule has 0 saturated carbocycles. The average molecular weight is 380 g/mol. The largest absolute Gasteiger partial charge is 0.489 e. The number of hydrogen-bond acceptors (Lipinski definition) is 3. The lowest BCUT2D eigenvalue weighted by Gasteiger charge is -2.26. The van der Waals surface area contributed by atoms with Gasteiger partial charge in [0.05, 0.1) is 13.2 Å². The van der Waals surface area contributed by atoms with Gasteiger partial charge in [-0.3, -0.25) is 4.90 Å². The molecule has 134 valence electrons. The third-order valence-corrected chi connectivity index (χ3v) is 4.80. The Morgan fingerprint density at radius 2 is 1.80 bits per heavy atom. The first kappa shape index (κ1) is 18.5. The molecule has 0 amide bonds. The molecule has 3 nitrogen and oxygen atoms in total. The van der Waals surface area contributed by atoms with Crippen LogP contribution in [0.25, 0.3) is 0 Å². The van der Waals surface area contributed by atoms with E-state index in [9.17, 15) is 0 Å². The van der Waals surface area contributed by atoms with Crippen molar-refractivity contribution in [2.24, 2.45) is 0 Å². The lowest BCUT2D eigenvalue weighted by atomic mass is 10.1. The summed E-state index contributed by atoms with van der Waals surface area (Å²) in [4.78, 5) is 2.44. The molecule has 1 saturated heterocycles. The van der Waals surface area contributed by atoms with Crippen molar-refractivity contribution in [3.8, 4) is 5.75 Å². The summed E-state index contributed by atoms with van der Waals surface area (Å²) in [6.45, 7) is 5.29. The van der Waals surface area contributed by atoms with E-state index in [4.69, 9.17) is 32.7 Å². The van der Waals surface area contributed by atoms with Gasteiger partial charge in [0, 0.05) is 23.1 Å².